The van der Waals surface area contributed by atoms with E-state index in [1.54, 1.807) is 20.8 Å². The molecule has 116 valence electrons. The fourth-order valence-corrected chi connectivity index (χ4v) is 2.15. The van der Waals surface area contributed by atoms with Crippen LogP contribution in [0.4, 0.5) is 4.79 Å². The number of carboxylic acids is 1. The van der Waals surface area contributed by atoms with Crippen LogP contribution in [0.25, 0.3) is 0 Å². The van der Waals surface area contributed by atoms with E-state index in [4.69, 9.17) is 9.84 Å². The summed E-state index contributed by atoms with van der Waals surface area (Å²) in [5, 5.41) is 11.7. The predicted molar refractivity (Wildman–Crippen MR) is 76.6 cm³/mol. The second kappa shape index (κ2) is 7.98. The Morgan fingerprint density at radius 1 is 1.35 bits per heavy atom. The first kappa shape index (κ1) is 18.6. The molecule has 0 aliphatic carbocycles. The zero-order valence-corrected chi connectivity index (χ0v) is 13.2. The molecule has 0 aromatic rings. The first-order valence-corrected chi connectivity index (χ1v) is 7.21. The van der Waals surface area contributed by atoms with Gasteiger partial charge in [-0.3, -0.25) is 9.69 Å². The molecular weight excluding hydrogens is 284 g/mol. The number of hydrogen-bond donors (Lipinski definition) is 2. The summed E-state index contributed by atoms with van der Waals surface area (Å²) in [6, 6.07) is -1.01. The Labute approximate surface area is 123 Å². The van der Waals surface area contributed by atoms with Crippen molar-refractivity contribution < 1.29 is 24.2 Å². The van der Waals surface area contributed by atoms with E-state index >= 15 is 0 Å². The van der Waals surface area contributed by atoms with Gasteiger partial charge in [-0.05, 0) is 20.8 Å². The highest BCUT2D eigenvalue weighted by molar-refractivity contribution is 7.99. The van der Waals surface area contributed by atoms with Crippen LogP contribution in [0.15, 0.2) is 0 Å². The highest BCUT2D eigenvalue weighted by Gasteiger charge is 2.29. The van der Waals surface area contributed by atoms with Gasteiger partial charge in [0.05, 0.1) is 5.88 Å². The number of ether oxygens (including phenoxy) is 1. The van der Waals surface area contributed by atoms with Crippen molar-refractivity contribution in [2.75, 3.05) is 18.7 Å². The maximum atomic E-state index is 11.8. The molecule has 0 fully saturated rings. The third-order valence-corrected chi connectivity index (χ3v) is 3.03. The van der Waals surface area contributed by atoms with Gasteiger partial charge in [-0.1, -0.05) is 0 Å². The summed E-state index contributed by atoms with van der Waals surface area (Å²) < 4.78 is 5.12. The van der Waals surface area contributed by atoms with Crippen molar-refractivity contribution in [2.45, 2.75) is 39.3 Å². The molecule has 2 amide bonds. The first-order chi connectivity index (χ1) is 9.04. The van der Waals surface area contributed by atoms with Crippen molar-refractivity contribution in [2.24, 2.45) is 0 Å². The predicted octanol–water partition coefficient (Wildman–Crippen LogP) is 1.13. The van der Waals surface area contributed by atoms with Crippen LogP contribution < -0.4 is 5.32 Å². The summed E-state index contributed by atoms with van der Waals surface area (Å²) >= 11 is 1.22. The molecule has 0 bridgehead atoms. The van der Waals surface area contributed by atoms with Crippen molar-refractivity contribution >= 4 is 29.7 Å². The number of rotatable bonds is 6. The molecule has 0 radical (unpaired) electrons. The lowest BCUT2D eigenvalue weighted by Gasteiger charge is -2.28. The number of likely N-dealkylation sites (N-methyl/N-ethyl adjacent to an activating group) is 1. The Balaban J connectivity index is 4.47. The summed E-state index contributed by atoms with van der Waals surface area (Å²) in [6.45, 7) is 6.50. The second-order valence-corrected chi connectivity index (χ2v) is 6.22. The third kappa shape index (κ3) is 7.88. The number of carbonyl (C=O) groups excluding carboxylic acids is 2. The molecule has 0 aliphatic heterocycles. The minimum Gasteiger partial charge on any atom is -0.480 e. The number of carbonyl (C=O) groups is 3. The molecule has 8 heteroatoms. The number of carboxylic acid groups (broad SMARTS) is 1. The lowest BCUT2D eigenvalue weighted by molar-refractivity contribution is -0.141. The number of amides is 2. The van der Waals surface area contributed by atoms with Crippen LogP contribution in [0.2, 0.25) is 0 Å². The van der Waals surface area contributed by atoms with Gasteiger partial charge in [-0.15, -0.1) is 11.8 Å². The van der Waals surface area contributed by atoms with Gasteiger partial charge in [0.1, 0.15) is 11.6 Å². The first-order valence-electron chi connectivity index (χ1n) is 6.05. The van der Waals surface area contributed by atoms with E-state index in [1.807, 2.05) is 0 Å². The van der Waals surface area contributed by atoms with E-state index in [0.717, 1.165) is 4.90 Å². The SMILES string of the molecule is CC(=O)NCSC[C@@H](C(=O)O)N(C)C(=O)OC(C)(C)C. The van der Waals surface area contributed by atoms with Crippen LogP contribution >= 0.6 is 11.8 Å². The Kier molecular flexibility index (Phi) is 7.41. The smallest absolute Gasteiger partial charge is 0.410 e. The molecule has 0 spiro atoms. The highest BCUT2D eigenvalue weighted by Crippen LogP contribution is 2.13. The molecule has 0 unspecified atom stereocenters. The molecule has 0 aromatic heterocycles. The maximum Gasteiger partial charge on any atom is 0.410 e. The van der Waals surface area contributed by atoms with Crippen LogP contribution in [0.3, 0.4) is 0 Å². The average molecular weight is 306 g/mol. The van der Waals surface area contributed by atoms with Crippen LogP contribution in [-0.4, -0.2) is 58.3 Å². The molecule has 1 atom stereocenters. The number of hydrogen-bond acceptors (Lipinski definition) is 5. The van der Waals surface area contributed by atoms with Gasteiger partial charge in [0.25, 0.3) is 0 Å². The van der Waals surface area contributed by atoms with Gasteiger partial charge < -0.3 is 15.2 Å². The summed E-state index contributed by atoms with van der Waals surface area (Å²) in [5.74, 6) is -0.856. The molecule has 0 heterocycles. The largest absolute Gasteiger partial charge is 0.480 e. The fourth-order valence-electron chi connectivity index (χ4n) is 1.13. The number of thioether (sulfide) groups is 1. The minimum absolute atomic E-state index is 0.158. The normalized spacial score (nSPS) is 12.4. The van der Waals surface area contributed by atoms with E-state index in [-0.39, 0.29) is 11.7 Å². The summed E-state index contributed by atoms with van der Waals surface area (Å²) in [5.41, 5.74) is -0.683. The molecule has 0 rings (SSSR count). The highest BCUT2D eigenvalue weighted by atomic mass is 32.2. The van der Waals surface area contributed by atoms with Gasteiger partial charge in [0.2, 0.25) is 5.91 Å². The zero-order valence-electron chi connectivity index (χ0n) is 12.4. The van der Waals surface area contributed by atoms with Gasteiger partial charge in [0, 0.05) is 19.7 Å². The van der Waals surface area contributed by atoms with E-state index in [1.165, 1.54) is 25.7 Å². The molecule has 20 heavy (non-hydrogen) atoms. The second-order valence-electron chi connectivity index (χ2n) is 5.19. The van der Waals surface area contributed by atoms with Crippen molar-refractivity contribution in [1.82, 2.24) is 10.2 Å². The Hall–Kier alpha value is -1.44. The molecule has 0 aliphatic rings. The summed E-state index contributed by atoms with van der Waals surface area (Å²) in [7, 11) is 1.38. The lowest BCUT2D eigenvalue weighted by Crippen LogP contribution is -2.46. The van der Waals surface area contributed by atoms with Crippen LogP contribution in [0.5, 0.6) is 0 Å². The monoisotopic (exact) mass is 306 g/mol. The Bertz CT molecular complexity index is 367. The number of aliphatic carboxylic acids is 1. The number of nitrogens with zero attached hydrogens (tertiary/aromatic N) is 1. The van der Waals surface area contributed by atoms with Gasteiger partial charge in [-0.2, -0.15) is 0 Å². The molecule has 2 N–H and O–H groups in total. The quantitative estimate of drug-likeness (QED) is 0.564. The van der Waals surface area contributed by atoms with Crippen LogP contribution in [0.1, 0.15) is 27.7 Å². The van der Waals surface area contributed by atoms with E-state index in [2.05, 4.69) is 5.32 Å². The maximum absolute atomic E-state index is 11.8. The van der Waals surface area contributed by atoms with Crippen molar-refractivity contribution in [1.29, 1.82) is 0 Å². The van der Waals surface area contributed by atoms with Crippen molar-refractivity contribution in [3.63, 3.8) is 0 Å². The Morgan fingerprint density at radius 2 is 1.90 bits per heavy atom. The zero-order chi connectivity index (χ0) is 15.9. The molecule has 0 saturated carbocycles. The van der Waals surface area contributed by atoms with Crippen LogP contribution in [-0.2, 0) is 14.3 Å². The van der Waals surface area contributed by atoms with Crippen molar-refractivity contribution in [3.8, 4) is 0 Å². The van der Waals surface area contributed by atoms with Crippen molar-refractivity contribution in [3.05, 3.63) is 0 Å². The topological polar surface area (TPSA) is 95.9 Å². The molecular formula is C12H22N2O5S. The fraction of sp³-hybridized carbons (Fsp3) is 0.750. The van der Waals surface area contributed by atoms with E-state index in [0.29, 0.717) is 5.88 Å². The molecule has 7 nitrogen and oxygen atoms in total. The third-order valence-electron chi connectivity index (χ3n) is 2.13. The number of nitrogens with one attached hydrogen (secondary N) is 1. The van der Waals surface area contributed by atoms with Gasteiger partial charge in [-0.25, -0.2) is 9.59 Å². The summed E-state index contributed by atoms with van der Waals surface area (Å²) in [4.78, 5) is 34.7. The lowest BCUT2D eigenvalue weighted by atomic mass is 10.2. The molecule has 0 aromatic carbocycles. The van der Waals surface area contributed by atoms with E-state index < -0.39 is 23.7 Å². The van der Waals surface area contributed by atoms with Crippen LogP contribution in [0, 0.1) is 0 Å². The molecule has 0 saturated heterocycles. The summed E-state index contributed by atoms with van der Waals surface area (Å²) in [6.07, 6.45) is -0.690. The van der Waals surface area contributed by atoms with Gasteiger partial charge in [0.15, 0.2) is 0 Å². The van der Waals surface area contributed by atoms with E-state index in [9.17, 15) is 14.4 Å². The Morgan fingerprint density at radius 3 is 2.30 bits per heavy atom. The standard InChI is InChI=1S/C12H22N2O5S/c1-8(15)13-7-20-6-9(10(16)17)14(5)11(18)19-12(2,3)4/h9H,6-7H2,1-5H3,(H,13,15)(H,16,17)/t9-/m0/s1. The van der Waals surface area contributed by atoms with Gasteiger partial charge >= 0.3 is 12.1 Å². The average Bonchev–Trinajstić information content (AvgIpc) is 2.24. The minimum atomic E-state index is -1.12.